The van der Waals surface area contributed by atoms with Gasteiger partial charge in [-0.05, 0) is 25.8 Å². The van der Waals surface area contributed by atoms with E-state index in [1.165, 1.54) is 13.2 Å². The average molecular weight is 299 g/mol. The number of hydrogen-bond acceptors (Lipinski definition) is 5. The molecule has 1 fully saturated rings. The van der Waals surface area contributed by atoms with E-state index in [-0.39, 0.29) is 17.0 Å². The van der Waals surface area contributed by atoms with Crippen molar-refractivity contribution in [1.82, 2.24) is 15.3 Å². The highest BCUT2D eigenvalue weighted by atomic mass is 35.5. The fourth-order valence-electron chi connectivity index (χ4n) is 2.42. The van der Waals surface area contributed by atoms with Gasteiger partial charge < -0.3 is 10.1 Å². The molecule has 0 bridgehead atoms. The topological polar surface area (TPSA) is 76.1 Å². The second kappa shape index (κ2) is 6.37. The van der Waals surface area contributed by atoms with E-state index >= 15 is 0 Å². The van der Waals surface area contributed by atoms with Crippen LogP contribution in [0.2, 0.25) is 5.15 Å². The molecule has 0 saturated carbocycles. The van der Waals surface area contributed by atoms with E-state index in [0.29, 0.717) is 12.4 Å². The molecule has 1 aliphatic rings. The highest BCUT2D eigenvalue weighted by molar-refractivity contribution is 6.29. The number of amides is 1. The number of nitrogens with zero attached hydrogens (tertiary/aromatic N) is 2. The Bertz CT molecular complexity index is 489. The molecule has 1 aliphatic heterocycles. The van der Waals surface area contributed by atoms with Crippen LogP contribution in [-0.4, -0.2) is 36.1 Å². The Balaban J connectivity index is 2.15. The largest absolute Gasteiger partial charge is 0.481 e. The first-order valence-electron chi connectivity index (χ1n) is 6.70. The molecule has 110 valence electrons. The minimum Gasteiger partial charge on any atom is -0.481 e. The number of halogens is 1. The van der Waals surface area contributed by atoms with Gasteiger partial charge >= 0.3 is 0 Å². The third-order valence-corrected chi connectivity index (χ3v) is 3.93. The molecule has 1 atom stereocenters. The summed E-state index contributed by atoms with van der Waals surface area (Å²) < 4.78 is 5.01. The number of methoxy groups -OCH3 is 1. The van der Waals surface area contributed by atoms with Gasteiger partial charge in [0.05, 0.1) is 12.5 Å². The van der Waals surface area contributed by atoms with Gasteiger partial charge in [0.25, 0.3) is 0 Å². The highest BCUT2D eigenvalue weighted by Crippen LogP contribution is 2.31. The molecule has 7 heteroatoms. The van der Waals surface area contributed by atoms with Crippen molar-refractivity contribution in [2.75, 3.05) is 25.5 Å². The van der Waals surface area contributed by atoms with Crippen LogP contribution < -0.4 is 15.4 Å². The summed E-state index contributed by atoms with van der Waals surface area (Å²) in [5.74, 6) is 0.432. The lowest BCUT2D eigenvalue weighted by Gasteiger charge is -2.35. The van der Waals surface area contributed by atoms with E-state index < -0.39 is 5.41 Å². The first-order valence-corrected chi connectivity index (χ1v) is 7.08. The van der Waals surface area contributed by atoms with Crippen LogP contribution >= 0.6 is 11.6 Å². The molecule has 2 rings (SSSR count). The zero-order chi connectivity index (χ0) is 14.6. The fourth-order valence-corrected chi connectivity index (χ4v) is 2.59. The summed E-state index contributed by atoms with van der Waals surface area (Å²) in [6.45, 7) is 3.65. The Labute approximate surface area is 123 Å². The molecule has 0 aliphatic carbocycles. The van der Waals surface area contributed by atoms with Crippen molar-refractivity contribution in [3.05, 3.63) is 11.2 Å². The molecule has 0 aromatic carbocycles. The Morgan fingerprint density at radius 1 is 1.60 bits per heavy atom. The molecule has 1 unspecified atom stereocenters. The standard InChI is InChI=1S/C13H19ClN4O2/c1-3-13(5-4-6-15-8-13)11(19)18-12-16-9(14)7-10(17-12)20-2/h7,15H,3-6,8H2,1-2H3,(H,16,17,18,19). The number of ether oxygens (including phenoxy) is 1. The maximum atomic E-state index is 12.5. The molecule has 6 nitrogen and oxygen atoms in total. The van der Waals surface area contributed by atoms with Gasteiger partial charge in [-0.25, -0.2) is 4.98 Å². The summed E-state index contributed by atoms with van der Waals surface area (Å²) in [5, 5.41) is 6.26. The first-order chi connectivity index (χ1) is 9.59. The van der Waals surface area contributed by atoms with Crippen LogP contribution in [0, 0.1) is 5.41 Å². The van der Waals surface area contributed by atoms with E-state index in [9.17, 15) is 4.79 Å². The van der Waals surface area contributed by atoms with Gasteiger partial charge in [-0.1, -0.05) is 18.5 Å². The third kappa shape index (κ3) is 3.19. The minimum absolute atomic E-state index is 0.0727. The van der Waals surface area contributed by atoms with E-state index in [1.807, 2.05) is 6.92 Å². The molecule has 2 heterocycles. The lowest BCUT2D eigenvalue weighted by atomic mass is 9.77. The molecule has 1 aromatic heterocycles. The maximum absolute atomic E-state index is 12.5. The molecule has 1 aromatic rings. The van der Waals surface area contributed by atoms with E-state index in [0.717, 1.165) is 25.8 Å². The Morgan fingerprint density at radius 2 is 2.40 bits per heavy atom. The number of rotatable bonds is 4. The maximum Gasteiger partial charge on any atom is 0.234 e. The SMILES string of the molecule is CCC1(C(=O)Nc2nc(Cl)cc(OC)n2)CCCNC1. The van der Waals surface area contributed by atoms with Gasteiger partial charge in [-0.15, -0.1) is 0 Å². The third-order valence-electron chi connectivity index (χ3n) is 3.74. The van der Waals surface area contributed by atoms with Gasteiger partial charge in [0, 0.05) is 12.6 Å². The van der Waals surface area contributed by atoms with E-state index in [1.54, 1.807) is 0 Å². The minimum atomic E-state index is -0.406. The van der Waals surface area contributed by atoms with Crippen LogP contribution in [0.3, 0.4) is 0 Å². The van der Waals surface area contributed by atoms with Gasteiger partial charge in [-0.3, -0.25) is 10.1 Å². The molecule has 1 saturated heterocycles. The van der Waals surface area contributed by atoms with Crippen LogP contribution in [0.25, 0.3) is 0 Å². The van der Waals surface area contributed by atoms with Gasteiger partial charge in [-0.2, -0.15) is 4.98 Å². The summed E-state index contributed by atoms with van der Waals surface area (Å²) in [4.78, 5) is 20.6. The number of aromatic nitrogens is 2. The molecule has 0 radical (unpaired) electrons. The summed E-state index contributed by atoms with van der Waals surface area (Å²) in [6.07, 6.45) is 2.62. The van der Waals surface area contributed by atoms with Gasteiger partial charge in [0.1, 0.15) is 5.15 Å². The number of hydrogen-bond donors (Lipinski definition) is 2. The number of carbonyl (C=O) groups is 1. The van der Waals surface area contributed by atoms with Gasteiger partial charge in [0.2, 0.25) is 17.7 Å². The number of piperidine rings is 1. The lowest BCUT2D eigenvalue weighted by molar-refractivity contribution is -0.126. The quantitative estimate of drug-likeness (QED) is 0.830. The zero-order valence-corrected chi connectivity index (χ0v) is 12.5. The second-order valence-electron chi connectivity index (χ2n) is 4.92. The first kappa shape index (κ1) is 15.0. The van der Waals surface area contributed by atoms with Gasteiger partial charge in [0.15, 0.2) is 0 Å². The summed E-state index contributed by atoms with van der Waals surface area (Å²) in [5.41, 5.74) is -0.406. The lowest BCUT2D eigenvalue weighted by Crippen LogP contribution is -2.47. The summed E-state index contributed by atoms with van der Waals surface area (Å²) in [7, 11) is 1.49. The zero-order valence-electron chi connectivity index (χ0n) is 11.7. The fraction of sp³-hybridized carbons (Fsp3) is 0.615. The number of anilines is 1. The predicted octanol–water partition coefficient (Wildman–Crippen LogP) is 1.86. The van der Waals surface area contributed by atoms with Crippen molar-refractivity contribution >= 4 is 23.5 Å². The van der Waals surface area contributed by atoms with Crippen LogP contribution in [-0.2, 0) is 4.79 Å². The van der Waals surface area contributed by atoms with Crippen molar-refractivity contribution in [2.45, 2.75) is 26.2 Å². The molecule has 0 spiro atoms. The highest BCUT2D eigenvalue weighted by Gasteiger charge is 2.38. The Hall–Kier alpha value is -1.40. The normalized spacial score (nSPS) is 22.4. The molecular weight excluding hydrogens is 280 g/mol. The van der Waals surface area contributed by atoms with E-state index in [4.69, 9.17) is 16.3 Å². The summed E-state index contributed by atoms with van der Waals surface area (Å²) >= 11 is 5.87. The Morgan fingerprint density at radius 3 is 3.00 bits per heavy atom. The van der Waals surface area contributed by atoms with Crippen molar-refractivity contribution < 1.29 is 9.53 Å². The smallest absolute Gasteiger partial charge is 0.234 e. The molecular formula is C13H19ClN4O2. The predicted molar refractivity (Wildman–Crippen MR) is 77.1 cm³/mol. The van der Waals surface area contributed by atoms with Crippen LogP contribution in [0.5, 0.6) is 5.88 Å². The number of nitrogens with one attached hydrogen (secondary N) is 2. The van der Waals surface area contributed by atoms with E-state index in [2.05, 4.69) is 20.6 Å². The molecule has 1 amide bonds. The average Bonchev–Trinajstić information content (AvgIpc) is 2.47. The second-order valence-corrected chi connectivity index (χ2v) is 5.31. The van der Waals surface area contributed by atoms with Crippen molar-refractivity contribution in [3.63, 3.8) is 0 Å². The van der Waals surface area contributed by atoms with Crippen LogP contribution in [0.15, 0.2) is 6.07 Å². The number of carbonyl (C=O) groups excluding carboxylic acids is 1. The molecule has 2 N–H and O–H groups in total. The van der Waals surface area contributed by atoms with Crippen molar-refractivity contribution in [3.8, 4) is 5.88 Å². The van der Waals surface area contributed by atoms with Crippen LogP contribution in [0.4, 0.5) is 5.95 Å². The summed E-state index contributed by atoms with van der Waals surface area (Å²) in [6, 6.07) is 1.50. The van der Waals surface area contributed by atoms with Crippen molar-refractivity contribution in [2.24, 2.45) is 5.41 Å². The molecule has 20 heavy (non-hydrogen) atoms. The monoisotopic (exact) mass is 298 g/mol. The van der Waals surface area contributed by atoms with Crippen LogP contribution in [0.1, 0.15) is 26.2 Å². The Kier molecular flexibility index (Phi) is 4.77. The van der Waals surface area contributed by atoms with Crippen molar-refractivity contribution in [1.29, 1.82) is 0 Å².